The average molecular weight is 363 g/mol. The van der Waals surface area contributed by atoms with E-state index in [1.165, 1.54) is 28.6 Å². The summed E-state index contributed by atoms with van der Waals surface area (Å²) in [6.07, 6.45) is 1.09. The second-order valence-corrected chi connectivity index (χ2v) is 8.48. The molecule has 1 amide bonds. The van der Waals surface area contributed by atoms with E-state index >= 15 is 0 Å². The number of piperidine rings is 1. The van der Waals surface area contributed by atoms with Crippen LogP contribution in [-0.4, -0.2) is 63.4 Å². The van der Waals surface area contributed by atoms with E-state index in [1.807, 2.05) is 6.07 Å². The van der Waals surface area contributed by atoms with Crippen LogP contribution < -0.4 is 0 Å². The molecule has 25 heavy (non-hydrogen) atoms. The van der Waals surface area contributed by atoms with Crippen molar-refractivity contribution in [3.63, 3.8) is 0 Å². The van der Waals surface area contributed by atoms with Gasteiger partial charge >= 0.3 is 0 Å². The minimum absolute atomic E-state index is 0.111. The van der Waals surface area contributed by atoms with Gasteiger partial charge in [-0.1, -0.05) is 0 Å². The molecule has 0 unspecified atom stereocenters. The molecule has 0 saturated carbocycles. The maximum Gasteiger partial charge on any atom is 0.243 e. The molecular formula is C17H21N3O4S. The Morgan fingerprint density at radius 3 is 2.40 bits per heavy atom. The topological polar surface area (TPSA) is 90.7 Å². The van der Waals surface area contributed by atoms with Crippen LogP contribution in [0.25, 0.3) is 0 Å². The van der Waals surface area contributed by atoms with Crippen LogP contribution >= 0.6 is 0 Å². The van der Waals surface area contributed by atoms with E-state index in [4.69, 9.17) is 10.00 Å². The predicted octanol–water partition coefficient (Wildman–Crippen LogP) is 0.818. The highest BCUT2D eigenvalue weighted by Crippen LogP contribution is 2.42. The highest BCUT2D eigenvalue weighted by atomic mass is 32.2. The second-order valence-electron chi connectivity index (χ2n) is 6.54. The molecule has 2 aliphatic heterocycles. The Balaban J connectivity index is 1.64. The van der Waals surface area contributed by atoms with Crippen LogP contribution in [0.5, 0.6) is 0 Å². The Morgan fingerprint density at radius 1 is 1.24 bits per heavy atom. The highest BCUT2D eigenvalue weighted by Gasteiger charge is 2.53. The standard InChI is InChI=1S/C17H21N3O4S/c1-24-11-10-19-13-17(16(19)21)6-8-20(9-7-17)25(22,23)15-4-2-14(12-18)3-5-15/h2-5H,6-11,13H2,1H3. The molecule has 0 atom stereocenters. The van der Waals surface area contributed by atoms with Crippen LogP contribution in [0.1, 0.15) is 18.4 Å². The number of methoxy groups -OCH3 is 1. The second kappa shape index (κ2) is 6.75. The molecule has 0 N–H and O–H groups in total. The molecule has 2 saturated heterocycles. The first-order chi connectivity index (χ1) is 11.9. The van der Waals surface area contributed by atoms with Gasteiger partial charge in [-0.25, -0.2) is 8.42 Å². The molecule has 0 aromatic heterocycles. The van der Waals surface area contributed by atoms with Crippen LogP contribution in [-0.2, 0) is 19.6 Å². The van der Waals surface area contributed by atoms with E-state index in [2.05, 4.69) is 0 Å². The van der Waals surface area contributed by atoms with Crippen LogP contribution in [0.4, 0.5) is 0 Å². The average Bonchev–Trinajstić information content (AvgIpc) is 2.65. The van der Waals surface area contributed by atoms with Gasteiger partial charge in [0.2, 0.25) is 15.9 Å². The Labute approximate surface area is 147 Å². The van der Waals surface area contributed by atoms with Crippen molar-refractivity contribution in [3.8, 4) is 6.07 Å². The number of β-lactam (4-membered cyclic amide) rings is 1. The van der Waals surface area contributed by atoms with E-state index in [-0.39, 0.29) is 10.8 Å². The summed E-state index contributed by atoms with van der Waals surface area (Å²) in [5.74, 6) is 0.111. The largest absolute Gasteiger partial charge is 0.383 e. The lowest BCUT2D eigenvalue weighted by Gasteiger charge is -2.52. The lowest BCUT2D eigenvalue weighted by Crippen LogP contribution is -2.65. The van der Waals surface area contributed by atoms with Crippen molar-refractivity contribution in [2.24, 2.45) is 5.41 Å². The van der Waals surface area contributed by atoms with Crippen molar-refractivity contribution >= 4 is 15.9 Å². The SMILES string of the molecule is COCCN1CC2(CCN(S(=O)(=O)c3ccc(C#N)cc3)CC2)C1=O. The molecule has 1 aromatic carbocycles. The summed E-state index contributed by atoms with van der Waals surface area (Å²) in [7, 11) is -1.98. The molecule has 134 valence electrons. The molecule has 2 heterocycles. The summed E-state index contributed by atoms with van der Waals surface area (Å²) in [5.41, 5.74) is 0.0255. The van der Waals surface area contributed by atoms with Gasteiger partial charge in [-0.3, -0.25) is 4.79 Å². The highest BCUT2D eigenvalue weighted by molar-refractivity contribution is 7.89. The summed E-state index contributed by atoms with van der Waals surface area (Å²) < 4.78 is 31.9. The minimum Gasteiger partial charge on any atom is -0.383 e. The molecule has 2 aliphatic rings. The summed E-state index contributed by atoms with van der Waals surface area (Å²) >= 11 is 0. The van der Waals surface area contributed by atoms with Gasteiger partial charge in [0.05, 0.1) is 28.6 Å². The van der Waals surface area contributed by atoms with Gasteiger partial charge in [-0.15, -0.1) is 0 Å². The molecule has 1 spiro atoms. The maximum absolute atomic E-state index is 12.7. The number of amides is 1. The van der Waals surface area contributed by atoms with Crippen LogP contribution in [0, 0.1) is 16.7 Å². The smallest absolute Gasteiger partial charge is 0.243 e. The monoisotopic (exact) mass is 363 g/mol. The van der Waals surface area contributed by atoms with Crippen LogP contribution in [0.2, 0.25) is 0 Å². The Hall–Kier alpha value is -1.95. The number of hydrogen-bond donors (Lipinski definition) is 0. The van der Waals surface area contributed by atoms with Crippen molar-refractivity contribution in [1.29, 1.82) is 5.26 Å². The molecule has 8 heteroatoms. The van der Waals surface area contributed by atoms with Gasteiger partial charge in [0.15, 0.2) is 0 Å². The third-order valence-electron chi connectivity index (χ3n) is 5.10. The normalized spacial score (nSPS) is 20.3. The minimum atomic E-state index is -3.59. The fraction of sp³-hybridized carbons (Fsp3) is 0.529. The molecule has 0 bridgehead atoms. The van der Waals surface area contributed by atoms with Gasteiger partial charge in [0.25, 0.3) is 0 Å². The van der Waals surface area contributed by atoms with E-state index in [0.29, 0.717) is 51.2 Å². The third kappa shape index (κ3) is 3.15. The van der Waals surface area contributed by atoms with Gasteiger partial charge < -0.3 is 9.64 Å². The molecule has 2 fully saturated rings. The number of sulfonamides is 1. The first kappa shape index (κ1) is 17.9. The quantitative estimate of drug-likeness (QED) is 0.722. The molecular weight excluding hydrogens is 342 g/mol. The van der Waals surface area contributed by atoms with Crippen molar-refractivity contribution < 1.29 is 17.9 Å². The maximum atomic E-state index is 12.7. The first-order valence-electron chi connectivity index (χ1n) is 8.22. The summed E-state index contributed by atoms with van der Waals surface area (Å²) in [4.78, 5) is 14.4. The number of hydrogen-bond acceptors (Lipinski definition) is 5. The van der Waals surface area contributed by atoms with Crippen molar-refractivity contribution in [1.82, 2.24) is 9.21 Å². The molecule has 3 rings (SSSR count). The number of carbonyl (C=O) groups is 1. The Morgan fingerprint density at radius 2 is 1.88 bits per heavy atom. The Bertz CT molecular complexity index is 790. The van der Waals surface area contributed by atoms with E-state index in [9.17, 15) is 13.2 Å². The molecule has 7 nitrogen and oxygen atoms in total. The number of ether oxygens (including phenoxy) is 1. The van der Waals surface area contributed by atoms with Gasteiger partial charge in [-0.05, 0) is 37.1 Å². The lowest BCUT2D eigenvalue weighted by atomic mass is 9.71. The number of benzene rings is 1. The van der Waals surface area contributed by atoms with Gasteiger partial charge in [0, 0.05) is 33.3 Å². The molecule has 0 aliphatic carbocycles. The first-order valence-corrected chi connectivity index (χ1v) is 9.66. The van der Waals surface area contributed by atoms with Gasteiger partial charge in [0.1, 0.15) is 0 Å². The number of nitriles is 1. The number of carbonyl (C=O) groups excluding carboxylic acids is 1. The number of rotatable bonds is 5. The summed E-state index contributed by atoms with van der Waals surface area (Å²) in [6.45, 7) is 2.46. The Kier molecular flexibility index (Phi) is 4.82. The fourth-order valence-electron chi connectivity index (χ4n) is 3.51. The van der Waals surface area contributed by atoms with Crippen LogP contribution in [0.3, 0.4) is 0 Å². The van der Waals surface area contributed by atoms with Gasteiger partial charge in [-0.2, -0.15) is 9.57 Å². The summed E-state index contributed by atoms with van der Waals surface area (Å²) in [6, 6.07) is 7.89. The predicted molar refractivity (Wildman–Crippen MR) is 90.0 cm³/mol. The zero-order valence-electron chi connectivity index (χ0n) is 14.1. The molecule has 1 aromatic rings. The van der Waals surface area contributed by atoms with Crippen molar-refractivity contribution in [3.05, 3.63) is 29.8 Å². The fourth-order valence-corrected chi connectivity index (χ4v) is 4.95. The number of likely N-dealkylation sites (tertiary alicyclic amines) is 1. The van der Waals surface area contributed by atoms with Crippen molar-refractivity contribution in [2.75, 3.05) is 39.9 Å². The number of nitrogens with zero attached hydrogens (tertiary/aromatic N) is 3. The van der Waals surface area contributed by atoms with E-state index in [0.717, 1.165) is 0 Å². The zero-order valence-corrected chi connectivity index (χ0v) is 15.0. The summed E-state index contributed by atoms with van der Waals surface area (Å²) in [5, 5.41) is 8.82. The third-order valence-corrected chi connectivity index (χ3v) is 7.01. The van der Waals surface area contributed by atoms with E-state index < -0.39 is 15.4 Å². The lowest BCUT2D eigenvalue weighted by molar-refractivity contribution is -0.165. The van der Waals surface area contributed by atoms with E-state index in [1.54, 1.807) is 12.0 Å². The van der Waals surface area contributed by atoms with Crippen LogP contribution in [0.15, 0.2) is 29.2 Å². The zero-order chi connectivity index (χ0) is 18.1. The van der Waals surface area contributed by atoms with Crippen molar-refractivity contribution in [2.45, 2.75) is 17.7 Å². The molecule has 0 radical (unpaired) electrons.